The van der Waals surface area contributed by atoms with Crippen LogP contribution in [0.25, 0.3) is 0 Å². The van der Waals surface area contributed by atoms with Crippen LogP contribution in [0.3, 0.4) is 0 Å². The van der Waals surface area contributed by atoms with E-state index in [1.54, 1.807) is 0 Å². The second-order valence-corrected chi connectivity index (χ2v) is 1.77. The van der Waals surface area contributed by atoms with Crippen LogP contribution >= 0.6 is 0 Å². The minimum absolute atomic E-state index is 1.50. The molecular weight excluding hydrogens is 86.1 g/mol. The first-order valence-electron chi connectivity index (χ1n) is 2.76. The van der Waals surface area contributed by atoms with Gasteiger partial charge in [0.2, 0.25) is 0 Å². The summed E-state index contributed by atoms with van der Waals surface area (Å²) < 4.78 is 0. The average molecular weight is 97.2 g/mol. The Morgan fingerprint density at radius 2 is 0.857 bits per heavy atom. The molecule has 0 saturated heterocycles. The Morgan fingerprint density at radius 1 is 0.714 bits per heavy atom. The van der Waals surface area contributed by atoms with Gasteiger partial charge in [-0.1, -0.05) is 32.1 Å². The molecule has 0 atom stereocenters. The van der Waals surface area contributed by atoms with Gasteiger partial charge in [0.1, 0.15) is 0 Å². The molecule has 0 aliphatic heterocycles. The van der Waals surface area contributed by atoms with Gasteiger partial charge in [0.25, 0.3) is 0 Å². The highest BCUT2D eigenvalue weighted by molar-refractivity contribution is 4.51. The molecule has 1 aliphatic rings. The second kappa shape index (κ2) is 5.49. The first-order valence-corrected chi connectivity index (χ1v) is 2.76. The largest absolute Gasteiger partial charge is 0.202 e. The van der Waals surface area contributed by atoms with Crippen molar-refractivity contribution >= 4 is 0 Å². The predicted molar refractivity (Wildman–Crippen MR) is 29.8 cm³/mol. The Kier molecular flexibility index (Phi) is 5.09. The number of rotatable bonds is 0. The standard InChI is InChI=1S/C5H10.CHN/c1-2-4-5-3-1;1-2/h1-5H2;1H. The van der Waals surface area contributed by atoms with Gasteiger partial charge in [-0.25, -0.2) is 5.26 Å². The van der Waals surface area contributed by atoms with Gasteiger partial charge < -0.3 is 0 Å². The number of hydrogen-bond acceptors (Lipinski definition) is 1. The molecule has 0 amide bonds. The summed E-state index contributed by atoms with van der Waals surface area (Å²) in [7, 11) is 0. The van der Waals surface area contributed by atoms with Gasteiger partial charge in [-0.15, -0.1) is 0 Å². The zero-order valence-electron chi connectivity index (χ0n) is 4.56. The third-order valence-corrected chi connectivity index (χ3v) is 1.25. The lowest BCUT2D eigenvalue weighted by Crippen LogP contribution is -1.47. The van der Waals surface area contributed by atoms with Crippen molar-refractivity contribution in [2.45, 2.75) is 32.1 Å². The fraction of sp³-hybridized carbons (Fsp3) is 0.833. The molecule has 1 aliphatic carbocycles. The van der Waals surface area contributed by atoms with E-state index in [0.29, 0.717) is 0 Å². The van der Waals surface area contributed by atoms with E-state index in [2.05, 4.69) is 6.57 Å². The molecule has 1 heteroatoms. The highest BCUT2D eigenvalue weighted by Crippen LogP contribution is 2.15. The van der Waals surface area contributed by atoms with E-state index in [0.717, 1.165) is 0 Å². The fourth-order valence-corrected chi connectivity index (χ4v) is 0.884. The first-order chi connectivity index (χ1) is 3.50. The number of nitriles is 1. The van der Waals surface area contributed by atoms with E-state index < -0.39 is 0 Å². The molecule has 0 aromatic rings. The van der Waals surface area contributed by atoms with Crippen LogP contribution in [-0.2, 0) is 0 Å². The lowest BCUT2D eigenvalue weighted by Gasteiger charge is -1.67. The molecular formula is C6H11N. The second-order valence-electron chi connectivity index (χ2n) is 1.77. The van der Waals surface area contributed by atoms with Crippen LogP contribution in [0, 0.1) is 11.8 Å². The van der Waals surface area contributed by atoms with Gasteiger partial charge in [-0.05, 0) is 0 Å². The smallest absolute Gasteiger partial charge is 0.0462 e. The molecule has 0 aromatic carbocycles. The average Bonchev–Trinajstić information content (AvgIpc) is 2.23. The van der Waals surface area contributed by atoms with E-state index in [1.807, 2.05) is 0 Å². The van der Waals surface area contributed by atoms with Crippen LogP contribution < -0.4 is 0 Å². The van der Waals surface area contributed by atoms with Gasteiger partial charge in [0.05, 0.1) is 0 Å². The van der Waals surface area contributed by atoms with Gasteiger partial charge in [-0.3, -0.25) is 0 Å². The predicted octanol–water partition coefficient (Wildman–Crippen LogP) is 2.09. The first kappa shape index (κ1) is 6.49. The van der Waals surface area contributed by atoms with Gasteiger partial charge >= 0.3 is 0 Å². The lowest BCUT2D eigenvalue weighted by molar-refractivity contribution is 0.886. The molecule has 0 spiro atoms. The van der Waals surface area contributed by atoms with Gasteiger partial charge in [0.15, 0.2) is 0 Å². The highest BCUT2D eigenvalue weighted by Gasteiger charge is 1.95. The topological polar surface area (TPSA) is 23.8 Å². The van der Waals surface area contributed by atoms with Crippen LogP contribution in [0.4, 0.5) is 0 Å². The number of nitrogens with zero attached hydrogens (tertiary/aromatic N) is 1. The summed E-state index contributed by atoms with van der Waals surface area (Å²) in [5, 5.41) is 6.50. The fourth-order valence-electron chi connectivity index (χ4n) is 0.884. The summed E-state index contributed by atoms with van der Waals surface area (Å²) in [5.74, 6) is 0. The zero-order valence-corrected chi connectivity index (χ0v) is 4.56. The third kappa shape index (κ3) is 3.32. The molecule has 1 fully saturated rings. The van der Waals surface area contributed by atoms with E-state index in [1.165, 1.54) is 32.1 Å². The van der Waals surface area contributed by atoms with Gasteiger partial charge in [-0.2, -0.15) is 0 Å². The molecule has 40 valence electrons. The molecule has 1 nitrogen and oxygen atoms in total. The molecule has 0 radical (unpaired) electrons. The summed E-state index contributed by atoms with van der Waals surface area (Å²) in [4.78, 5) is 0. The molecule has 0 heterocycles. The van der Waals surface area contributed by atoms with E-state index >= 15 is 0 Å². The highest BCUT2D eigenvalue weighted by atomic mass is 14.2. The van der Waals surface area contributed by atoms with Crippen LogP contribution in [0.2, 0.25) is 0 Å². The zero-order chi connectivity index (χ0) is 5.54. The van der Waals surface area contributed by atoms with E-state index in [4.69, 9.17) is 5.26 Å². The van der Waals surface area contributed by atoms with Gasteiger partial charge in [0, 0.05) is 6.57 Å². The molecule has 0 bridgehead atoms. The Labute approximate surface area is 45.0 Å². The van der Waals surface area contributed by atoms with Crippen LogP contribution in [0.1, 0.15) is 32.1 Å². The molecule has 1 saturated carbocycles. The molecule has 7 heavy (non-hydrogen) atoms. The summed E-state index contributed by atoms with van der Waals surface area (Å²) in [6.45, 7) is 3.50. The van der Waals surface area contributed by atoms with E-state index in [-0.39, 0.29) is 0 Å². The third-order valence-electron chi connectivity index (χ3n) is 1.25. The Bertz CT molecular complexity index is 35.8. The van der Waals surface area contributed by atoms with Crippen molar-refractivity contribution in [2.75, 3.05) is 0 Å². The van der Waals surface area contributed by atoms with Crippen LogP contribution in [0.15, 0.2) is 0 Å². The summed E-state index contributed by atoms with van der Waals surface area (Å²) in [6, 6.07) is 0. The maximum absolute atomic E-state index is 6.50. The van der Waals surface area contributed by atoms with Crippen LogP contribution in [0.5, 0.6) is 0 Å². The maximum atomic E-state index is 6.50. The lowest BCUT2D eigenvalue weighted by atomic mass is 10.4. The van der Waals surface area contributed by atoms with Crippen molar-refractivity contribution in [3.05, 3.63) is 0 Å². The molecule has 0 N–H and O–H groups in total. The Hall–Kier alpha value is -0.510. The Balaban J connectivity index is 0.000000162. The Morgan fingerprint density at radius 3 is 1.00 bits per heavy atom. The number of hydrogen-bond donors (Lipinski definition) is 0. The van der Waals surface area contributed by atoms with E-state index in [9.17, 15) is 0 Å². The summed E-state index contributed by atoms with van der Waals surface area (Å²) >= 11 is 0. The normalized spacial score (nSPS) is 17.4. The minimum Gasteiger partial charge on any atom is -0.202 e. The maximum Gasteiger partial charge on any atom is 0.0462 e. The molecule has 0 aromatic heterocycles. The monoisotopic (exact) mass is 97.1 g/mol. The van der Waals surface area contributed by atoms with Crippen molar-refractivity contribution in [1.29, 1.82) is 5.26 Å². The van der Waals surface area contributed by atoms with Crippen molar-refractivity contribution in [1.82, 2.24) is 0 Å². The van der Waals surface area contributed by atoms with Crippen molar-refractivity contribution in [3.8, 4) is 6.57 Å². The minimum atomic E-state index is 1.50. The van der Waals surface area contributed by atoms with Crippen molar-refractivity contribution < 1.29 is 0 Å². The SMILES string of the molecule is C#N.C1CCCC1. The van der Waals surface area contributed by atoms with Crippen molar-refractivity contribution in [2.24, 2.45) is 0 Å². The molecule has 1 rings (SSSR count). The quantitative estimate of drug-likeness (QED) is 0.454. The van der Waals surface area contributed by atoms with Crippen molar-refractivity contribution in [3.63, 3.8) is 0 Å². The summed E-state index contributed by atoms with van der Waals surface area (Å²) in [5.41, 5.74) is 0. The molecule has 0 unspecified atom stereocenters. The summed E-state index contributed by atoms with van der Waals surface area (Å²) in [6.07, 6.45) is 7.50. The van der Waals surface area contributed by atoms with Crippen LogP contribution in [-0.4, -0.2) is 0 Å².